The number of methoxy groups -OCH3 is 1. The molecule has 2 amide bonds. The Morgan fingerprint density at radius 2 is 1.84 bits per heavy atom. The molecule has 0 saturated carbocycles. The molecule has 0 bridgehead atoms. The van der Waals surface area contributed by atoms with E-state index in [9.17, 15) is 14.7 Å². The maximum Gasteiger partial charge on any atom is 0.264 e. The minimum atomic E-state index is -2.37. The Kier molecular flexibility index (Phi) is 8.68. The number of carbonyl (C=O) groups is 2. The van der Waals surface area contributed by atoms with Crippen LogP contribution in [0.25, 0.3) is 0 Å². The lowest BCUT2D eigenvalue weighted by molar-refractivity contribution is -0.150. The Labute approximate surface area is 274 Å². The number of nitrogens with zero attached hydrogens (tertiary/aromatic N) is 2. The molecule has 0 aliphatic carbocycles. The normalized spacial score (nSPS) is 26.5. The molecule has 0 radical (unpaired) electrons. The van der Waals surface area contributed by atoms with Gasteiger partial charge in [-0.2, -0.15) is 0 Å². The maximum atomic E-state index is 14.9. The van der Waals surface area contributed by atoms with E-state index in [1.807, 2.05) is 64.4 Å². The van der Waals surface area contributed by atoms with Crippen molar-refractivity contribution in [1.29, 1.82) is 0 Å². The summed E-state index contributed by atoms with van der Waals surface area (Å²) in [6, 6.07) is 24.3. The highest BCUT2D eigenvalue weighted by atomic mass is 127. The molecule has 0 unspecified atom stereocenters. The highest BCUT2D eigenvalue weighted by molar-refractivity contribution is 14.1. The predicted molar refractivity (Wildman–Crippen MR) is 183 cm³/mol. The molecule has 3 aliphatic heterocycles. The summed E-state index contributed by atoms with van der Waals surface area (Å²) in [4.78, 5) is 32.5. The number of aliphatic hydroxyl groups is 1. The zero-order chi connectivity index (χ0) is 31.2. The predicted octanol–water partition coefficient (Wildman–Crippen LogP) is 5.44. The van der Waals surface area contributed by atoms with Gasteiger partial charge >= 0.3 is 0 Å². The van der Waals surface area contributed by atoms with Crippen molar-refractivity contribution in [2.75, 3.05) is 25.2 Å². The zero-order valence-electron chi connectivity index (χ0n) is 25.8. The van der Waals surface area contributed by atoms with Gasteiger partial charge in [0.1, 0.15) is 5.75 Å². The van der Waals surface area contributed by atoms with Crippen LogP contribution in [-0.2, 0) is 26.5 Å². The van der Waals surface area contributed by atoms with E-state index < -0.39 is 19.8 Å². The average molecular weight is 725 g/mol. The summed E-state index contributed by atoms with van der Waals surface area (Å²) >= 11 is 2.31. The van der Waals surface area contributed by atoms with Crippen molar-refractivity contribution >= 4 is 53.4 Å². The van der Waals surface area contributed by atoms with Crippen molar-refractivity contribution in [3.05, 3.63) is 87.5 Å². The SMILES string of the molecule is COc1ccc([Si](C)(C)[C@@H]2[C@@H](CC(=O)N3CCC[C@H]3CO)O[C@]3(C(=O)N(Cc4ccccc4)c4ccc(I)cc43)[C@H]2C)cc1. The summed E-state index contributed by atoms with van der Waals surface area (Å²) in [5, 5.41) is 11.2. The fourth-order valence-electron chi connectivity index (χ4n) is 8.05. The van der Waals surface area contributed by atoms with Gasteiger partial charge in [0, 0.05) is 21.6 Å². The monoisotopic (exact) mass is 724 g/mol. The number of carbonyl (C=O) groups excluding carboxylic acids is 2. The first-order chi connectivity index (χ1) is 21.1. The fourth-order valence-corrected chi connectivity index (χ4v) is 12.6. The lowest BCUT2D eigenvalue weighted by Gasteiger charge is -2.37. The van der Waals surface area contributed by atoms with Crippen molar-refractivity contribution in [2.24, 2.45) is 5.92 Å². The van der Waals surface area contributed by atoms with Crippen LogP contribution in [0.1, 0.15) is 37.3 Å². The molecule has 1 spiro atoms. The lowest BCUT2D eigenvalue weighted by Crippen LogP contribution is -2.52. The molecular weight excluding hydrogens is 683 g/mol. The smallest absolute Gasteiger partial charge is 0.264 e. The molecule has 3 heterocycles. The lowest BCUT2D eigenvalue weighted by atomic mass is 9.82. The number of ether oxygens (including phenoxy) is 2. The molecule has 1 N–H and O–H groups in total. The topological polar surface area (TPSA) is 79.3 Å². The number of fused-ring (bicyclic) bond motifs is 2. The van der Waals surface area contributed by atoms with Gasteiger partial charge in [0.2, 0.25) is 5.91 Å². The first-order valence-corrected chi connectivity index (χ1v) is 19.7. The third-order valence-electron chi connectivity index (χ3n) is 10.3. The van der Waals surface area contributed by atoms with Crippen LogP contribution < -0.4 is 14.8 Å². The molecular formula is C35H41IN2O5Si. The molecule has 0 aromatic heterocycles. The molecule has 2 saturated heterocycles. The van der Waals surface area contributed by atoms with E-state index in [1.165, 1.54) is 5.19 Å². The van der Waals surface area contributed by atoms with Gasteiger partial charge in [-0.15, -0.1) is 0 Å². The zero-order valence-corrected chi connectivity index (χ0v) is 29.0. The molecule has 6 rings (SSSR count). The number of amides is 2. The molecule has 3 aliphatic rings. The first kappa shape index (κ1) is 31.3. The van der Waals surface area contributed by atoms with E-state index in [0.29, 0.717) is 13.1 Å². The Bertz CT molecular complexity index is 1530. The summed E-state index contributed by atoms with van der Waals surface area (Å²) in [6.45, 7) is 7.88. The number of anilines is 1. The van der Waals surface area contributed by atoms with Crippen LogP contribution >= 0.6 is 22.6 Å². The standard InChI is InChI=1S/C35H41IN2O5Si/c1-23-33(44(3,4)28-15-13-27(42-2)14-16-28)31(20-32(40)37-18-8-11-26(37)22-39)43-35(23)29-19-25(36)12-17-30(29)38(34(35)41)21-24-9-6-5-7-10-24/h5-7,9-10,12-17,19,23,26,31,33,39H,8,11,18,20-22H2,1-4H3/t23-,26-,31+,33-,35+/m0/s1. The molecule has 3 aromatic rings. The summed E-state index contributed by atoms with van der Waals surface area (Å²) in [5.74, 6) is 0.559. The summed E-state index contributed by atoms with van der Waals surface area (Å²) < 4.78 is 13.6. The molecule has 7 nitrogen and oxygen atoms in total. The van der Waals surface area contributed by atoms with Crippen molar-refractivity contribution in [2.45, 2.75) is 69.1 Å². The molecule has 3 aromatic carbocycles. The van der Waals surface area contributed by atoms with Crippen LogP contribution in [0.15, 0.2) is 72.8 Å². The Balaban J connectivity index is 1.44. The summed E-state index contributed by atoms with van der Waals surface area (Å²) in [7, 11) is -0.701. The molecule has 44 heavy (non-hydrogen) atoms. The number of hydrogen-bond donors (Lipinski definition) is 1. The van der Waals surface area contributed by atoms with Crippen molar-refractivity contribution < 1.29 is 24.2 Å². The van der Waals surface area contributed by atoms with E-state index in [2.05, 4.69) is 60.8 Å². The largest absolute Gasteiger partial charge is 0.497 e. The van der Waals surface area contributed by atoms with Gasteiger partial charge in [0.05, 0.1) is 52.6 Å². The van der Waals surface area contributed by atoms with Crippen LogP contribution in [0.4, 0.5) is 5.69 Å². The number of hydrogen-bond acceptors (Lipinski definition) is 5. The summed E-state index contributed by atoms with van der Waals surface area (Å²) in [5.41, 5.74) is 1.60. The molecule has 5 atom stereocenters. The van der Waals surface area contributed by atoms with Gasteiger partial charge in [-0.1, -0.05) is 67.7 Å². The van der Waals surface area contributed by atoms with E-state index in [1.54, 1.807) is 7.11 Å². The van der Waals surface area contributed by atoms with Crippen molar-refractivity contribution in [3.8, 4) is 5.75 Å². The van der Waals surface area contributed by atoms with Crippen molar-refractivity contribution in [3.63, 3.8) is 0 Å². The van der Waals surface area contributed by atoms with Crippen molar-refractivity contribution in [1.82, 2.24) is 4.90 Å². The molecule has 2 fully saturated rings. The average Bonchev–Trinajstić information content (AvgIpc) is 3.68. The highest BCUT2D eigenvalue weighted by Crippen LogP contribution is 2.60. The van der Waals surface area contributed by atoms with Gasteiger partial charge in [0.15, 0.2) is 5.60 Å². The minimum absolute atomic E-state index is 0.00483. The second-order valence-electron chi connectivity index (χ2n) is 13.0. The van der Waals surface area contributed by atoms with Gasteiger partial charge < -0.3 is 24.4 Å². The Morgan fingerprint density at radius 1 is 1.11 bits per heavy atom. The minimum Gasteiger partial charge on any atom is -0.497 e. The van der Waals surface area contributed by atoms with Crippen LogP contribution in [0.3, 0.4) is 0 Å². The fraction of sp³-hybridized carbons (Fsp3) is 0.429. The number of likely N-dealkylation sites (tertiary alicyclic amines) is 1. The van der Waals surface area contributed by atoms with E-state index in [-0.39, 0.29) is 42.3 Å². The van der Waals surface area contributed by atoms with E-state index >= 15 is 0 Å². The van der Waals surface area contributed by atoms with E-state index in [4.69, 9.17) is 9.47 Å². The van der Waals surface area contributed by atoms with Crippen LogP contribution in [0.2, 0.25) is 18.6 Å². The van der Waals surface area contributed by atoms with Crippen LogP contribution in [0.5, 0.6) is 5.75 Å². The second-order valence-corrected chi connectivity index (χ2v) is 18.9. The first-order valence-electron chi connectivity index (χ1n) is 15.5. The number of rotatable bonds is 8. The van der Waals surface area contributed by atoms with E-state index in [0.717, 1.165) is 39.0 Å². The highest BCUT2D eigenvalue weighted by Gasteiger charge is 2.66. The quantitative estimate of drug-likeness (QED) is 0.248. The van der Waals surface area contributed by atoms with Gasteiger partial charge in [-0.25, -0.2) is 0 Å². The Morgan fingerprint density at radius 3 is 2.52 bits per heavy atom. The van der Waals surface area contributed by atoms with Crippen LogP contribution in [0, 0.1) is 9.49 Å². The number of benzene rings is 3. The second kappa shape index (κ2) is 12.2. The van der Waals surface area contributed by atoms with Gasteiger partial charge in [-0.05, 0) is 76.9 Å². The third kappa shape index (κ3) is 5.19. The Hall–Kier alpha value is -2.73. The van der Waals surface area contributed by atoms with Gasteiger partial charge in [0.25, 0.3) is 5.91 Å². The van der Waals surface area contributed by atoms with Crippen LogP contribution in [-0.4, -0.2) is 62.3 Å². The molecule has 232 valence electrons. The number of aliphatic hydroxyl groups excluding tert-OH is 1. The number of halogens is 1. The molecule has 9 heteroatoms. The van der Waals surface area contributed by atoms with Gasteiger partial charge in [-0.3, -0.25) is 9.59 Å². The maximum absolute atomic E-state index is 14.9. The third-order valence-corrected chi connectivity index (χ3v) is 15.3. The summed E-state index contributed by atoms with van der Waals surface area (Å²) in [6.07, 6.45) is 1.43.